The second kappa shape index (κ2) is 2.09. The van der Waals surface area contributed by atoms with Crippen LogP contribution in [0.1, 0.15) is 19.8 Å². The van der Waals surface area contributed by atoms with Gasteiger partial charge in [-0.2, -0.15) is 0 Å². The summed E-state index contributed by atoms with van der Waals surface area (Å²) >= 11 is -0.929. The maximum atomic E-state index is 10.0. The first-order chi connectivity index (χ1) is 4.62. The fourth-order valence-corrected chi connectivity index (χ4v) is 6.90. The summed E-state index contributed by atoms with van der Waals surface area (Å²) in [5.41, 5.74) is 0. The Bertz CT molecular complexity index is 151. The van der Waals surface area contributed by atoms with Crippen molar-refractivity contribution in [1.29, 1.82) is 0 Å². The summed E-state index contributed by atoms with van der Waals surface area (Å²) in [5, 5.41) is 10.0. The Kier molecular flexibility index (Phi) is 1.54. The van der Waals surface area contributed by atoms with E-state index in [1.165, 1.54) is 17.3 Å². The summed E-state index contributed by atoms with van der Waals surface area (Å²) in [4.78, 5) is 2.33. The molecule has 0 amide bonds. The molecule has 0 aromatic heterocycles. The Hall–Kier alpha value is 0.690. The zero-order valence-electron chi connectivity index (χ0n) is 6.60. The molecule has 2 fully saturated rings. The van der Waals surface area contributed by atoms with Crippen molar-refractivity contribution in [3.63, 3.8) is 0 Å². The molecule has 3 atom stereocenters. The first-order valence-corrected chi connectivity index (χ1v) is 8.67. The van der Waals surface area contributed by atoms with Crippen molar-refractivity contribution < 1.29 is 5.11 Å². The summed E-state index contributed by atoms with van der Waals surface area (Å²) in [5.74, 6) is 1.64. The molecule has 0 radical (unpaired) electrons. The average Bonchev–Trinajstić information content (AvgIpc) is 2.58. The summed E-state index contributed by atoms with van der Waals surface area (Å²) in [6, 6.07) is 0. The third-order valence-corrected chi connectivity index (χ3v) is 9.79. The van der Waals surface area contributed by atoms with Crippen molar-refractivity contribution >= 4 is 19.8 Å². The molecule has 1 saturated heterocycles. The normalized spacial score (nSPS) is 56.1. The molecule has 2 aliphatic rings. The van der Waals surface area contributed by atoms with Gasteiger partial charge in [0.2, 0.25) is 0 Å². The van der Waals surface area contributed by atoms with Gasteiger partial charge in [0.15, 0.2) is 0 Å². The van der Waals surface area contributed by atoms with E-state index >= 15 is 0 Å². The van der Waals surface area contributed by atoms with Crippen molar-refractivity contribution in [2.75, 3.05) is 9.36 Å². The van der Waals surface area contributed by atoms with Crippen LogP contribution in [0.15, 0.2) is 0 Å². The van der Waals surface area contributed by atoms with Gasteiger partial charge in [-0.3, -0.25) is 0 Å². The molecule has 1 N–H and O–H groups in total. The minimum atomic E-state index is -0.929. The number of alkyl halides is 3. The van der Waals surface area contributed by atoms with E-state index in [-0.39, 0.29) is 3.61 Å². The van der Waals surface area contributed by atoms with Gasteiger partial charge in [-0.25, -0.2) is 0 Å². The zero-order valence-corrected chi connectivity index (χ0v) is 8.76. The molecule has 0 aromatic rings. The van der Waals surface area contributed by atoms with E-state index in [1.807, 2.05) is 0 Å². The third kappa shape index (κ3) is 0.916. The van der Waals surface area contributed by atoms with Crippen molar-refractivity contribution in [1.82, 2.24) is 0 Å². The van der Waals surface area contributed by atoms with Crippen LogP contribution in [0.2, 0.25) is 0 Å². The summed E-state index contributed by atoms with van der Waals surface area (Å²) in [7, 11) is 0. The van der Waals surface area contributed by atoms with Gasteiger partial charge in [0.05, 0.1) is 0 Å². The summed E-state index contributed by atoms with van der Waals surface area (Å²) < 4.78 is 1.21. The van der Waals surface area contributed by atoms with Gasteiger partial charge in [-0.15, -0.1) is 0 Å². The third-order valence-electron chi connectivity index (χ3n) is 3.02. The van der Waals surface area contributed by atoms with E-state index in [4.69, 9.17) is 0 Å². The Morgan fingerprint density at radius 2 is 2.30 bits per heavy atom. The first kappa shape index (κ1) is 7.35. The van der Waals surface area contributed by atoms with Crippen LogP contribution in [0, 0.1) is 11.8 Å². The Labute approximate surface area is 69.6 Å². The minimum absolute atomic E-state index is 0.174. The molecule has 10 heavy (non-hydrogen) atoms. The molecule has 0 aromatic carbocycles. The quantitative estimate of drug-likeness (QED) is 0.517. The van der Waals surface area contributed by atoms with Gasteiger partial charge >= 0.3 is 69.5 Å². The van der Waals surface area contributed by atoms with E-state index in [1.54, 1.807) is 0 Å². The molecule has 60 valence electrons. The number of rotatable bonds is 0. The van der Waals surface area contributed by atoms with Crippen molar-refractivity contribution in [2.24, 2.45) is 11.8 Å². The maximum absolute atomic E-state index is 10.0. The SMILES string of the molecule is CI1CCC2C[C@@H]2C1(C)O. The van der Waals surface area contributed by atoms with Crippen LogP contribution >= 0.6 is 19.8 Å². The second-order valence-electron chi connectivity index (χ2n) is 3.69. The van der Waals surface area contributed by atoms with Gasteiger partial charge < -0.3 is 0 Å². The molecule has 1 aliphatic heterocycles. The van der Waals surface area contributed by atoms with E-state index in [0.717, 1.165) is 11.8 Å². The molecular weight excluding hydrogens is 239 g/mol. The van der Waals surface area contributed by atoms with Crippen LogP contribution in [0.3, 0.4) is 0 Å². The van der Waals surface area contributed by atoms with Gasteiger partial charge in [0.25, 0.3) is 0 Å². The molecule has 0 spiro atoms. The van der Waals surface area contributed by atoms with Crippen LogP contribution in [-0.2, 0) is 0 Å². The van der Waals surface area contributed by atoms with Crippen LogP contribution in [-0.4, -0.2) is 18.1 Å². The number of aliphatic hydroxyl groups is 1. The molecular formula is C8H15IO. The number of hydrogen-bond acceptors (Lipinski definition) is 1. The van der Waals surface area contributed by atoms with E-state index in [0.29, 0.717) is 0 Å². The van der Waals surface area contributed by atoms with Gasteiger partial charge in [0, 0.05) is 0 Å². The Morgan fingerprint density at radius 3 is 2.90 bits per heavy atom. The van der Waals surface area contributed by atoms with E-state index < -0.39 is 19.8 Å². The monoisotopic (exact) mass is 254 g/mol. The van der Waals surface area contributed by atoms with E-state index in [9.17, 15) is 5.11 Å². The van der Waals surface area contributed by atoms with E-state index in [2.05, 4.69) is 11.9 Å². The van der Waals surface area contributed by atoms with Crippen LogP contribution in [0.5, 0.6) is 0 Å². The number of halogens is 1. The number of fused-ring (bicyclic) bond motifs is 1. The predicted octanol–water partition coefficient (Wildman–Crippen LogP) is 1.87. The molecule has 1 aliphatic carbocycles. The Morgan fingerprint density at radius 1 is 1.60 bits per heavy atom. The zero-order chi connectivity index (χ0) is 7.35. The molecule has 1 saturated carbocycles. The summed E-state index contributed by atoms with van der Waals surface area (Å²) in [6.07, 6.45) is 2.76. The van der Waals surface area contributed by atoms with Gasteiger partial charge in [0.1, 0.15) is 0 Å². The predicted molar refractivity (Wildman–Crippen MR) is 51.6 cm³/mol. The van der Waals surface area contributed by atoms with Crippen molar-refractivity contribution in [3.8, 4) is 0 Å². The standard InChI is InChI=1S/C8H15IO/c1-8(10)7-5-6(7)3-4-9(8)2/h6-7,10H,3-5H2,1-2H3/t6?,7-,8?/m0/s1. The molecule has 2 heteroatoms. The fraction of sp³-hybridized carbons (Fsp3) is 1.00. The fourth-order valence-electron chi connectivity index (χ4n) is 1.95. The average molecular weight is 254 g/mol. The number of hydrogen-bond donors (Lipinski definition) is 1. The van der Waals surface area contributed by atoms with Crippen molar-refractivity contribution in [2.45, 2.75) is 23.4 Å². The molecule has 0 bridgehead atoms. The molecule has 2 rings (SSSR count). The molecule has 1 heterocycles. The molecule has 1 nitrogen and oxygen atoms in total. The van der Waals surface area contributed by atoms with Crippen LogP contribution < -0.4 is 0 Å². The topological polar surface area (TPSA) is 20.2 Å². The Balaban J connectivity index is 2.14. The first-order valence-electron chi connectivity index (χ1n) is 3.90. The van der Waals surface area contributed by atoms with Gasteiger partial charge in [-0.05, 0) is 0 Å². The molecule has 2 unspecified atom stereocenters. The van der Waals surface area contributed by atoms with Crippen LogP contribution in [0.25, 0.3) is 0 Å². The van der Waals surface area contributed by atoms with Gasteiger partial charge in [-0.1, -0.05) is 0 Å². The van der Waals surface area contributed by atoms with Crippen molar-refractivity contribution in [3.05, 3.63) is 0 Å². The summed E-state index contributed by atoms with van der Waals surface area (Å²) in [6.45, 7) is 2.08. The van der Waals surface area contributed by atoms with Crippen LogP contribution in [0.4, 0.5) is 0 Å². The second-order valence-corrected chi connectivity index (χ2v) is 10.3.